The minimum absolute atomic E-state index is 0.0446. The number of ether oxygens (including phenoxy) is 1. The zero-order valence-corrected chi connectivity index (χ0v) is 11.2. The quantitative estimate of drug-likeness (QED) is 0.290. The van der Waals surface area contributed by atoms with Crippen molar-refractivity contribution in [2.75, 3.05) is 0 Å². The van der Waals surface area contributed by atoms with Gasteiger partial charge in [0, 0.05) is 17.4 Å². The number of carbonyl (C=O) groups is 1. The SMILES string of the molecule is C=C1C(=O)O[C@H]2C[C@@H](C)[C@]34C=C[C@](C)(OO3)[C@@H]4C[C@H]12. The Labute approximate surface area is 112 Å². The largest absolute Gasteiger partial charge is 0.458 e. The first kappa shape index (κ1) is 11.7. The predicted molar refractivity (Wildman–Crippen MR) is 66.8 cm³/mol. The van der Waals surface area contributed by atoms with Crippen LogP contribution in [0.15, 0.2) is 24.3 Å². The Balaban J connectivity index is 1.77. The molecule has 3 fully saturated rings. The van der Waals surface area contributed by atoms with Gasteiger partial charge in [-0.1, -0.05) is 19.6 Å². The average Bonchev–Trinajstić information content (AvgIpc) is 2.88. The summed E-state index contributed by atoms with van der Waals surface area (Å²) < 4.78 is 5.47. The van der Waals surface area contributed by atoms with Gasteiger partial charge in [-0.3, -0.25) is 0 Å². The van der Waals surface area contributed by atoms with E-state index in [2.05, 4.69) is 32.6 Å². The van der Waals surface area contributed by atoms with E-state index in [4.69, 9.17) is 14.5 Å². The second-order valence-corrected chi connectivity index (χ2v) is 6.54. The molecule has 0 unspecified atom stereocenters. The molecule has 2 saturated heterocycles. The van der Waals surface area contributed by atoms with Crippen LogP contribution in [0.1, 0.15) is 26.7 Å². The van der Waals surface area contributed by atoms with Gasteiger partial charge in [0.2, 0.25) is 0 Å². The summed E-state index contributed by atoms with van der Waals surface area (Å²) in [6.07, 6.45) is 5.85. The molecule has 2 aliphatic carbocycles. The van der Waals surface area contributed by atoms with Gasteiger partial charge in [0.1, 0.15) is 17.3 Å². The molecule has 2 bridgehead atoms. The summed E-state index contributed by atoms with van der Waals surface area (Å²) in [7, 11) is 0. The lowest BCUT2D eigenvalue weighted by atomic mass is 9.74. The zero-order valence-electron chi connectivity index (χ0n) is 11.2. The summed E-state index contributed by atoms with van der Waals surface area (Å²) in [5.74, 6) is 0.359. The molecule has 0 amide bonds. The average molecular weight is 262 g/mol. The van der Waals surface area contributed by atoms with Crippen LogP contribution in [-0.4, -0.2) is 23.3 Å². The first-order valence-corrected chi connectivity index (χ1v) is 6.93. The van der Waals surface area contributed by atoms with E-state index >= 15 is 0 Å². The van der Waals surface area contributed by atoms with E-state index in [0.717, 1.165) is 12.8 Å². The summed E-state index contributed by atoms with van der Waals surface area (Å²) >= 11 is 0. The highest BCUT2D eigenvalue weighted by Crippen LogP contribution is 2.59. The molecule has 0 aromatic rings. The van der Waals surface area contributed by atoms with Crippen molar-refractivity contribution in [3.8, 4) is 0 Å². The normalized spacial score (nSPS) is 54.8. The van der Waals surface area contributed by atoms with Crippen LogP contribution in [-0.2, 0) is 19.3 Å². The fourth-order valence-electron chi connectivity index (χ4n) is 4.28. The predicted octanol–water partition coefficient (Wildman–Crippen LogP) is 2.16. The maximum Gasteiger partial charge on any atom is 0.334 e. The number of carbonyl (C=O) groups excluding carboxylic acids is 1. The van der Waals surface area contributed by atoms with Crippen molar-refractivity contribution in [3.63, 3.8) is 0 Å². The molecule has 1 saturated carbocycles. The van der Waals surface area contributed by atoms with Gasteiger partial charge < -0.3 is 4.74 Å². The van der Waals surface area contributed by atoms with E-state index in [-0.39, 0.29) is 41.0 Å². The molecule has 4 rings (SSSR count). The second-order valence-electron chi connectivity index (χ2n) is 6.54. The third-order valence-corrected chi connectivity index (χ3v) is 5.54. The highest BCUT2D eigenvalue weighted by Gasteiger charge is 2.66. The van der Waals surface area contributed by atoms with Crippen LogP contribution in [0.5, 0.6) is 0 Å². The Morgan fingerprint density at radius 1 is 1.32 bits per heavy atom. The van der Waals surface area contributed by atoms with Crippen molar-refractivity contribution in [2.24, 2.45) is 17.8 Å². The number of esters is 1. The number of fused-ring (bicyclic) bond motifs is 1. The Hall–Kier alpha value is -1.13. The van der Waals surface area contributed by atoms with Crippen LogP contribution in [0.4, 0.5) is 0 Å². The summed E-state index contributed by atoms with van der Waals surface area (Å²) in [6, 6.07) is 0. The molecule has 4 heteroatoms. The van der Waals surface area contributed by atoms with E-state index in [0.29, 0.717) is 5.57 Å². The number of hydrogen-bond donors (Lipinski definition) is 0. The Morgan fingerprint density at radius 3 is 2.79 bits per heavy atom. The van der Waals surface area contributed by atoms with Gasteiger partial charge >= 0.3 is 5.97 Å². The molecule has 0 aromatic heterocycles. The summed E-state index contributed by atoms with van der Waals surface area (Å²) in [5, 5.41) is 0. The molecule has 6 atom stereocenters. The maximum atomic E-state index is 11.7. The molecule has 19 heavy (non-hydrogen) atoms. The van der Waals surface area contributed by atoms with Gasteiger partial charge in [0.25, 0.3) is 0 Å². The lowest BCUT2D eigenvalue weighted by molar-refractivity contribution is -0.344. The van der Waals surface area contributed by atoms with Gasteiger partial charge in [-0.2, -0.15) is 0 Å². The summed E-state index contributed by atoms with van der Waals surface area (Å²) in [6.45, 7) is 8.11. The second kappa shape index (κ2) is 3.30. The smallest absolute Gasteiger partial charge is 0.334 e. The minimum Gasteiger partial charge on any atom is -0.458 e. The van der Waals surface area contributed by atoms with Gasteiger partial charge in [-0.15, -0.1) is 0 Å². The lowest BCUT2D eigenvalue weighted by Gasteiger charge is -2.31. The summed E-state index contributed by atoms with van der Waals surface area (Å²) in [5.41, 5.74) is -0.120. The molecule has 4 aliphatic rings. The molecule has 0 spiro atoms. The third-order valence-electron chi connectivity index (χ3n) is 5.54. The van der Waals surface area contributed by atoms with Crippen molar-refractivity contribution in [3.05, 3.63) is 24.3 Å². The van der Waals surface area contributed by atoms with Crippen LogP contribution in [0, 0.1) is 17.8 Å². The monoisotopic (exact) mass is 262 g/mol. The number of hydrogen-bond acceptors (Lipinski definition) is 4. The Morgan fingerprint density at radius 2 is 2.11 bits per heavy atom. The van der Waals surface area contributed by atoms with Crippen molar-refractivity contribution >= 4 is 5.97 Å². The van der Waals surface area contributed by atoms with Gasteiger partial charge in [0.15, 0.2) is 0 Å². The van der Waals surface area contributed by atoms with E-state index < -0.39 is 0 Å². The summed E-state index contributed by atoms with van der Waals surface area (Å²) in [4.78, 5) is 23.0. The highest BCUT2D eigenvalue weighted by atomic mass is 17.2. The Kier molecular flexibility index (Phi) is 2.03. The standard InChI is InChI=1S/C15H18O4/c1-8-6-11-10(9(2)13(16)17-11)7-12-14(3)4-5-15(8,12)19-18-14/h4-5,8,10-12H,2,6-7H2,1,3H3/t8-,10-,11+,12+,14+,15+/m1/s1. The fraction of sp³-hybridized carbons (Fsp3) is 0.667. The van der Waals surface area contributed by atoms with Crippen LogP contribution >= 0.6 is 0 Å². The fourth-order valence-corrected chi connectivity index (χ4v) is 4.28. The van der Waals surface area contributed by atoms with E-state index in [1.807, 2.05) is 0 Å². The van der Waals surface area contributed by atoms with Crippen molar-refractivity contribution < 1.29 is 19.3 Å². The molecule has 0 radical (unpaired) electrons. The molecule has 4 nitrogen and oxygen atoms in total. The number of rotatable bonds is 0. The van der Waals surface area contributed by atoms with E-state index in [9.17, 15) is 4.79 Å². The molecule has 2 aliphatic heterocycles. The zero-order chi connectivity index (χ0) is 13.4. The van der Waals surface area contributed by atoms with Crippen LogP contribution in [0.25, 0.3) is 0 Å². The van der Waals surface area contributed by atoms with E-state index in [1.165, 1.54) is 0 Å². The van der Waals surface area contributed by atoms with Crippen LogP contribution in [0.2, 0.25) is 0 Å². The minimum atomic E-state index is -0.380. The third kappa shape index (κ3) is 1.24. The Bertz CT molecular complexity index is 510. The van der Waals surface area contributed by atoms with Crippen molar-refractivity contribution in [2.45, 2.75) is 44.0 Å². The van der Waals surface area contributed by atoms with E-state index in [1.54, 1.807) is 0 Å². The molecular weight excluding hydrogens is 244 g/mol. The molecule has 102 valence electrons. The van der Waals surface area contributed by atoms with Gasteiger partial charge in [-0.05, 0) is 31.8 Å². The van der Waals surface area contributed by atoms with Crippen molar-refractivity contribution in [1.82, 2.24) is 0 Å². The molecular formula is C15H18O4. The van der Waals surface area contributed by atoms with Gasteiger partial charge in [-0.25, -0.2) is 14.6 Å². The molecule has 2 heterocycles. The molecule has 0 aromatic carbocycles. The lowest BCUT2D eigenvalue weighted by Crippen LogP contribution is -2.40. The van der Waals surface area contributed by atoms with Crippen molar-refractivity contribution in [1.29, 1.82) is 0 Å². The first-order chi connectivity index (χ1) is 8.96. The maximum absolute atomic E-state index is 11.7. The highest BCUT2D eigenvalue weighted by molar-refractivity contribution is 5.90. The topological polar surface area (TPSA) is 44.8 Å². The first-order valence-electron chi connectivity index (χ1n) is 6.93. The van der Waals surface area contributed by atoms with Crippen LogP contribution < -0.4 is 0 Å². The van der Waals surface area contributed by atoms with Crippen LogP contribution in [0.3, 0.4) is 0 Å². The van der Waals surface area contributed by atoms with Gasteiger partial charge in [0.05, 0.1) is 0 Å². The molecule has 0 N–H and O–H groups in total.